The Hall–Kier alpha value is -2.22. The van der Waals surface area contributed by atoms with Crippen molar-refractivity contribution in [2.75, 3.05) is 0 Å². The van der Waals surface area contributed by atoms with Crippen LogP contribution in [0.2, 0.25) is 10.0 Å². The molecule has 0 bridgehead atoms. The molecule has 6 heteroatoms. The fraction of sp³-hybridized carbons (Fsp3) is 0.333. The van der Waals surface area contributed by atoms with Crippen molar-refractivity contribution in [3.05, 3.63) is 51.0 Å². The molecule has 3 aromatic rings. The van der Waals surface area contributed by atoms with Gasteiger partial charge < -0.3 is 4.74 Å². The number of aryl methyl sites for hydroxylation is 2. The lowest BCUT2D eigenvalue weighted by atomic mass is 9.92. The zero-order valence-electron chi connectivity index (χ0n) is 15.8. The van der Waals surface area contributed by atoms with Crippen molar-refractivity contribution < 1.29 is 4.74 Å². The SMILES string of the molecule is CCC(CC)c1ccc(C#N)c2nc(Oc3c(C)cc(Cl)cc3Cl)n(C)c12. The molecule has 0 aliphatic heterocycles. The molecule has 0 amide bonds. The topological polar surface area (TPSA) is 50.8 Å². The van der Waals surface area contributed by atoms with E-state index in [1.54, 1.807) is 12.1 Å². The molecule has 0 unspecified atom stereocenters. The minimum Gasteiger partial charge on any atom is -0.424 e. The molecule has 0 saturated carbocycles. The predicted octanol–water partition coefficient (Wildman–Crippen LogP) is 6.76. The first-order valence-corrected chi connectivity index (χ1v) is 9.69. The van der Waals surface area contributed by atoms with Gasteiger partial charge in [0.2, 0.25) is 0 Å². The van der Waals surface area contributed by atoms with Crippen LogP contribution < -0.4 is 4.74 Å². The molecule has 2 aromatic carbocycles. The van der Waals surface area contributed by atoms with Crippen molar-refractivity contribution >= 4 is 34.2 Å². The van der Waals surface area contributed by atoms with Crippen molar-refractivity contribution in [1.82, 2.24) is 9.55 Å². The van der Waals surface area contributed by atoms with E-state index in [4.69, 9.17) is 27.9 Å². The van der Waals surface area contributed by atoms with Gasteiger partial charge in [-0.2, -0.15) is 10.2 Å². The van der Waals surface area contributed by atoms with Gasteiger partial charge in [-0.25, -0.2) is 0 Å². The van der Waals surface area contributed by atoms with E-state index in [1.165, 1.54) is 5.56 Å². The minimum absolute atomic E-state index is 0.393. The van der Waals surface area contributed by atoms with Crippen LogP contribution >= 0.6 is 23.2 Å². The van der Waals surface area contributed by atoms with Gasteiger partial charge in [-0.15, -0.1) is 0 Å². The van der Waals surface area contributed by atoms with E-state index in [1.807, 2.05) is 30.7 Å². The van der Waals surface area contributed by atoms with Gasteiger partial charge in [-0.05, 0) is 55.0 Å². The molecule has 0 saturated heterocycles. The molecule has 0 atom stereocenters. The van der Waals surface area contributed by atoms with E-state index in [-0.39, 0.29) is 0 Å². The molecule has 0 spiro atoms. The molecular formula is C21H21Cl2N3O. The quantitative estimate of drug-likeness (QED) is 0.474. The number of halogens is 2. The van der Waals surface area contributed by atoms with E-state index in [0.717, 1.165) is 23.9 Å². The van der Waals surface area contributed by atoms with Gasteiger partial charge in [0, 0.05) is 12.1 Å². The summed E-state index contributed by atoms with van der Waals surface area (Å²) in [5.74, 6) is 0.909. The van der Waals surface area contributed by atoms with Crippen LogP contribution in [0, 0.1) is 18.3 Å². The minimum atomic E-state index is 0.393. The van der Waals surface area contributed by atoms with Crippen molar-refractivity contribution in [3.63, 3.8) is 0 Å². The maximum Gasteiger partial charge on any atom is 0.302 e. The predicted molar refractivity (Wildman–Crippen MR) is 110 cm³/mol. The Morgan fingerprint density at radius 3 is 2.52 bits per heavy atom. The Morgan fingerprint density at radius 2 is 1.93 bits per heavy atom. The van der Waals surface area contributed by atoms with Gasteiger partial charge in [0.1, 0.15) is 11.6 Å². The van der Waals surface area contributed by atoms with Crippen LogP contribution in [0.4, 0.5) is 0 Å². The summed E-state index contributed by atoms with van der Waals surface area (Å²) in [6.07, 6.45) is 2.03. The van der Waals surface area contributed by atoms with Crippen molar-refractivity contribution in [1.29, 1.82) is 5.26 Å². The molecule has 4 nitrogen and oxygen atoms in total. The second-order valence-electron chi connectivity index (χ2n) is 6.61. The Morgan fingerprint density at radius 1 is 1.22 bits per heavy atom. The van der Waals surface area contributed by atoms with Gasteiger partial charge in [0.05, 0.1) is 16.1 Å². The Kier molecular flexibility index (Phi) is 5.64. The summed E-state index contributed by atoms with van der Waals surface area (Å²) in [6, 6.07) is 9.94. The number of nitrogens with zero attached hydrogens (tertiary/aromatic N) is 3. The van der Waals surface area contributed by atoms with Gasteiger partial charge in [-0.3, -0.25) is 4.57 Å². The number of ether oxygens (including phenoxy) is 1. The fourth-order valence-electron chi connectivity index (χ4n) is 3.48. The maximum absolute atomic E-state index is 9.51. The molecule has 0 radical (unpaired) electrons. The highest BCUT2D eigenvalue weighted by Crippen LogP contribution is 2.38. The van der Waals surface area contributed by atoms with Crippen LogP contribution in [0.15, 0.2) is 24.3 Å². The zero-order chi connectivity index (χ0) is 19.7. The Labute approximate surface area is 169 Å². The number of fused-ring (bicyclic) bond motifs is 1. The van der Waals surface area contributed by atoms with Crippen LogP contribution in [0.3, 0.4) is 0 Å². The molecule has 27 heavy (non-hydrogen) atoms. The largest absolute Gasteiger partial charge is 0.424 e. The lowest BCUT2D eigenvalue weighted by molar-refractivity contribution is 0.425. The summed E-state index contributed by atoms with van der Waals surface area (Å²) >= 11 is 12.4. The number of hydrogen-bond acceptors (Lipinski definition) is 3. The van der Waals surface area contributed by atoms with Crippen molar-refractivity contribution in [3.8, 4) is 17.8 Å². The highest BCUT2D eigenvalue weighted by Gasteiger charge is 2.21. The van der Waals surface area contributed by atoms with Gasteiger partial charge in [0.15, 0.2) is 5.75 Å². The first-order chi connectivity index (χ1) is 12.9. The number of hydrogen-bond donors (Lipinski definition) is 0. The summed E-state index contributed by atoms with van der Waals surface area (Å²) in [5, 5.41) is 10.5. The number of aromatic nitrogens is 2. The monoisotopic (exact) mass is 401 g/mol. The van der Waals surface area contributed by atoms with E-state index in [2.05, 4.69) is 24.9 Å². The smallest absolute Gasteiger partial charge is 0.302 e. The number of benzene rings is 2. The average Bonchev–Trinajstić information content (AvgIpc) is 2.96. The molecular weight excluding hydrogens is 381 g/mol. The maximum atomic E-state index is 9.51. The lowest BCUT2D eigenvalue weighted by Gasteiger charge is -2.15. The standard InChI is InChI=1S/C21H21Cl2N3O/c1-5-13(6-2)16-8-7-14(11-24)18-19(16)26(4)21(25-18)27-20-12(3)9-15(22)10-17(20)23/h7-10,13H,5-6H2,1-4H3. The molecule has 0 aliphatic carbocycles. The van der Waals surface area contributed by atoms with Crippen LogP contribution in [0.25, 0.3) is 11.0 Å². The van der Waals surface area contributed by atoms with Crippen LogP contribution in [0.1, 0.15) is 49.3 Å². The Bertz CT molecular complexity index is 1020. The Balaban J connectivity index is 2.20. The molecule has 0 aliphatic rings. The molecule has 140 valence electrons. The van der Waals surface area contributed by atoms with Crippen molar-refractivity contribution in [2.45, 2.75) is 39.5 Å². The lowest BCUT2D eigenvalue weighted by Crippen LogP contribution is -2.02. The first kappa shape index (κ1) is 19.5. The van der Waals surface area contributed by atoms with Crippen LogP contribution in [-0.4, -0.2) is 9.55 Å². The second-order valence-corrected chi connectivity index (χ2v) is 7.46. The third-order valence-corrected chi connectivity index (χ3v) is 5.44. The zero-order valence-corrected chi connectivity index (χ0v) is 17.3. The van der Waals surface area contributed by atoms with E-state index in [9.17, 15) is 5.26 Å². The average molecular weight is 402 g/mol. The van der Waals surface area contributed by atoms with Crippen LogP contribution in [0.5, 0.6) is 11.8 Å². The van der Waals surface area contributed by atoms with E-state index < -0.39 is 0 Å². The molecule has 1 aromatic heterocycles. The van der Waals surface area contributed by atoms with Gasteiger partial charge in [-0.1, -0.05) is 43.1 Å². The van der Waals surface area contributed by atoms with E-state index >= 15 is 0 Å². The summed E-state index contributed by atoms with van der Waals surface area (Å²) in [7, 11) is 1.90. The van der Waals surface area contributed by atoms with Gasteiger partial charge in [0.25, 0.3) is 0 Å². The number of nitriles is 1. The normalized spacial score (nSPS) is 11.2. The summed E-state index contributed by atoms with van der Waals surface area (Å²) in [6.45, 7) is 6.22. The molecule has 0 fully saturated rings. The highest BCUT2D eigenvalue weighted by molar-refractivity contribution is 6.35. The van der Waals surface area contributed by atoms with E-state index in [0.29, 0.717) is 38.8 Å². The van der Waals surface area contributed by atoms with Crippen LogP contribution in [-0.2, 0) is 7.05 Å². The summed E-state index contributed by atoms with van der Waals surface area (Å²) < 4.78 is 7.96. The highest BCUT2D eigenvalue weighted by atomic mass is 35.5. The number of imidazole rings is 1. The van der Waals surface area contributed by atoms with Gasteiger partial charge >= 0.3 is 6.01 Å². The summed E-state index contributed by atoms with van der Waals surface area (Å²) in [4.78, 5) is 4.62. The fourth-order valence-corrected chi connectivity index (χ4v) is 4.11. The molecule has 3 rings (SSSR count). The number of rotatable bonds is 5. The molecule has 0 N–H and O–H groups in total. The molecule has 1 heterocycles. The van der Waals surface area contributed by atoms with Crippen molar-refractivity contribution in [2.24, 2.45) is 7.05 Å². The first-order valence-electron chi connectivity index (χ1n) is 8.94. The third-order valence-electron chi connectivity index (χ3n) is 4.95. The third kappa shape index (κ3) is 3.50. The summed E-state index contributed by atoms with van der Waals surface area (Å²) in [5.41, 5.74) is 4.12. The second kappa shape index (κ2) is 7.80.